The summed E-state index contributed by atoms with van der Waals surface area (Å²) in [7, 11) is 1.66. The monoisotopic (exact) mass is 257 g/mol. The quantitative estimate of drug-likeness (QED) is 0.917. The minimum absolute atomic E-state index is 0.260. The first-order chi connectivity index (χ1) is 9.02. The molecule has 0 spiro atoms. The van der Waals surface area contributed by atoms with Gasteiger partial charge in [0.1, 0.15) is 5.75 Å². The summed E-state index contributed by atoms with van der Waals surface area (Å²) in [5.41, 5.74) is 11.2. The average Bonchev–Trinajstić information content (AvgIpc) is 2.40. The number of aromatic nitrogens is 2. The van der Waals surface area contributed by atoms with Gasteiger partial charge in [-0.05, 0) is 38.5 Å². The number of nitrogens with zero attached hydrogens (tertiary/aromatic N) is 2. The van der Waals surface area contributed by atoms with Gasteiger partial charge in [-0.15, -0.1) is 0 Å². The molecule has 0 saturated heterocycles. The number of rotatable bonds is 3. The summed E-state index contributed by atoms with van der Waals surface area (Å²) >= 11 is 0. The Bertz CT molecular complexity index is 596. The van der Waals surface area contributed by atoms with Gasteiger partial charge >= 0.3 is 0 Å². The molecule has 1 aromatic carbocycles. The van der Waals surface area contributed by atoms with Crippen molar-refractivity contribution in [1.82, 2.24) is 10.2 Å². The molecule has 0 fully saturated rings. The van der Waals surface area contributed by atoms with Crippen molar-refractivity contribution in [2.45, 2.75) is 26.8 Å². The van der Waals surface area contributed by atoms with Crippen LogP contribution in [0.5, 0.6) is 5.75 Å². The first-order valence-electron chi connectivity index (χ1n) is 6.24. The summed E-state index contributed by atoms with van der Waals surface area (Å²) in [6.45, 7) is 5.87. The largest absolute Gasteiger partial charge is 0.496 e. The van der Waals surface area contributed by atoms with E-state index in [2.05, 4.69) is 16.3 Å². The Morgan fingerprint density at radius 3 is 2.47 bits per heavy atom. The minimum Gasteiger partial charge on any atom is -0.496 e. The Kier molecular flexibility index (Phi) is 3.81. The molecule has 1 unspecified atom stereocenters. The average molecular weight is 257 g/mol. The van der Waals surface area contributed by atoms with Crippen LogP contribution in [0.2, 0.25) is 0 Å². The molecular weight excluding hydrogens is 238 g/mol. The van der Waals surface area contributed by atoms with E-state index in [4.69, 9.17) is 10.5 Å². The third-order valence-corrected chi connectivity index (χ3v) is 3.20. The molecule has 2 aromatic rings. The molecule has 0 amide bonds. The molecule has 0 bridgehead atoms. The van der Waals surface area contributed by atoms with E-state index >= 15 is 0 Å². The van der Waals surface area contributed by atoms with Crippen LogP contribution in [0.1, 0.15) is 34.1 Å². The van der Waals surface area contributed by atoms with Gasteiger partial charge in [0.25, 0.3) is 0 Å². The lowest BCUT2D eigenvalue weighted by Gasteiger charge is -2.18. The van der Waals surface area contributed by atoms with Crippen molar-refractivity contribution in [1.29, 1.82) is 0 Å². The van der Waals surface area contributed by atoms with Crippen molar-refractivity contribution in [3.05, 3.63) is 52.3 Å². The molecule has 1 atom stereocenters. The van der Waals surface area contributed by atoms with Crippen LogP contribution in [0.15, 0.2) is 24.3 Å². The molecule has 19 heavy (non-hydrogen) atoms. The van der Waals surface area contributed by atoms with Crippen LogP contribution >= 0.6 is 0 Å². The van der Waals surface area contributed by atoms with Crippen molar-refractivity contribution in [3.8, 4) is 5.75 Å². The molecule has 1 aromatic heterocycles. The lowest BCUT2D eigenvalue weighted by molar-refractivity contribution is 0.407. The fourth-order valence-corrected chi connectivity index (χ4v) is 2.15. The first kappa shape index (κ1) is 13.5. The van der Waals surface area contributed by atoms with Crippen molar-refractivity contribution in [2.24, 2.45) is 5.73 Å². The second kappa shape index (κ2) is 5.36. The van der Waals surface area contributed by atoms with Gasteiger partial charge in [0.2, 0.25) is 0 Å². The zero-order valence-electron chi connectivity index (χ0n) is 11.8. The van der Waals surface area contributed by atoms with Crippen LogP contribution in [0.4, 0.5) is 0 Å². The van der Waals surface area contributed by atoms with Crippen molar-refractivity contribution in [3.63, 3.8) is 0 Å². The third-order valence-electron chi connectivity index (χ3n) is 3.20. The molecule has 1 heterocycles. The van der Waals surface area contributed by atoms with Gasteiger partial charge in [-0.1, -0.05) is 17.7 Å². The molecule has 4 nitrogen and oxygen atoms in total. The van der Waals surface area contributed by atoms with E-state index in [-0.39, 0.29) is 6.04 Å². The molecule has 100 valence electrons. The van der Waals surface area contributed by atoms with Crippen LogP contribution in [0, 0.1) is 20.8 Å². The summed E-state index contributed by atoms with van der Waals surface area (Å²) in [4.78, 5) is 0. The van der Waals surface area contributed by atoms with Crippen molar-refractivity contribution in [2.75, 3.05) is 7.11 Å². The van der Waals surface area contributed by atoms with E-state index < -0.39 is 0 Å². The van der Waals surface area contributed by atoms with E-state index in [1.165, 1.54) is 0 Å². The second-order valence-corrected chi connectivity index (χ2v) is 4.75. The van der Waals surface area contributed by atoms with E-state index in [1.54, 1.807) is 7.11 Å². The van der Waals surface area contributed by atoms with Crippen molar-refractivity contribution >= 4 is 0 Å². The predicted molar refractivity (Wildman–Crippen MR) is 75.3 cm³/mol. The van der Waals surface area contributed by atoms with Gasteiger partial charge in [-0.2, -0.15) is 10.2 Å². The summed E-state index contributed by atoms with van der Waals surface area (Å²) in [5.74, 6) is 0.798. The normalized spacial score (nSPS) is 12.3. The van der Waals surface area contributed by atoms with E-state index in [1.807, 2.05) is 39.0 Å². The number of aryl methyl sites for hydroxylation is 3. The highest BCUT2D eigenvalue weighted by molar-refractivity contribution is 5.44. The first-order valence-corrected chi connectivity index (χ1v) is 6.24. The van der Waals surface area contributed by atoms with Gasteiger partial charge < -0.3 is 10.5 Å². The fourth-order valence-electron chi connectivity index (χ4n) is 2.15. The number of hydrogen-bond donors (Lipinski definition) is 1. The summed E-state index contributed by atoms with van der Waals surface area (Å²) in [6, 6.07) is 7.73. The standard InChI is InChI=1S/C15H19N3O/c1-9-5-6-14(19-4)13(7-9)15(16)12-8-10(2)17-18-11(12)3/h5-8,15H,16H2,1-4H3. The van der Waals surface area contributed by atoms with Crippen LogP contribution in [-0.4, -0.2) is 17.3 Å². The van der Waals surface area contributed by atoms with E-state index in [0.717, 1.165) is 33.8 Å². The number of nitrogens with two attached hydrogens (primary N) is 1. The lowest BCUT2D eigenvalue weighted by Crippen LogP contribution is -2.16. The Hall–Kier alpha value is -1.94. The maximum Gasteiger partial charge on any atom is 0.123 e. The van der Waals surface area contributed by atoms with Crippen LogP contribution in [-0.2, 0) is 0 Å². The molecule has 0 aliphatic rings. The molecule has 0 saturated carbocycles. The second-order valence-electron chi connectivity index (χ2n) is 4.75. The van der Waals surface area contributed by atoms with Gasteiger partial charge in [-0.3, -0.25) is 0 Å². The highest BCUT2D eigenvalue weighted by Crippen LogP contribution is 2.30. The molecular formula is C15H19N3O. The highest BCUT2D eigenvalue weighted by atomic mass is 16.5. The minimum atomic E-state index is -0.260. The zero-order chi connectivity index (χ0) is 14.0. The van der Waals surface area contributed by atoms with E-state index in [9.17, 15) is 0 Å². The van der Waals surface area contributed by atoms with Crippen molar-refractivity contribution < 1.29 is 4.74 Å². The number of hydrogen-bond acceptors (Lipinski definition) is 4. The number of benzene rings is 1. The van der Waals surface area contributed by atoms with E-state index in [0.29, 0.717) is 0 Å². The Morgan fingerprint density at radius 2 is 1.79 bits per heavy atom. The molecule has 0 radical (unpaired) electrons. The van der Waals surface area contributed by atoms with Crippen LogP contribution in [0.25, 0.3) is 0 Å². The summed E-state index contributed by atoms with van der Waals surface area (Å²) < 4.78 is 5.40. The summed E-state index contributed by atoms with van der Waals surface area (Å²) in [6.07, 6.45) is 0. The zero-order valence-corrected chi connectivity index (χ0v) is 11.8. The van der Waals surface area contributed by atoms with Crippen LogP contribution in [0.3, 0.4) is 0 Å². The SMILES string of the molecule is COc1ccc(C)cc1C(N)c1cc(C)nnc1C. The topological polar surface area (TPSA) is 61.0 Å². The molecule has 2 rings (SSSR count). The van der Waals surface area contributed by atoms with Gasteiger partial charge in [0.05, 0.1) is 24.5 Å². The molecule has 0 aliphatic heterocycles. The Morgan fingerprint density at radius 1 is 1.05 bits per heavy atom. The highest BCUT2D eigenvalue weighted by Gasteiger charge is 2.17. The third kappa shape index (κ3) is 2.74. The fraction of sp³-hybridized carbons (Fsp3) is 0.333. The van der Waals surface area contributed by atoms with Gasteiger partial charge in [0, 0.05) is 5.56 Å². The Balaban J connectivity index is 2.51. The molecule has 4 heteroatoms. The smallest absolute Gasteiger partial charge is 0.123 e. The number of methoxy groups -OCH3 is 1. The molecule has 0 aliphatic carbocycles. The van der Waals surface area contributed by atoms with Gasteiger partial charge in [-0.25, -0.2) is 0 Å². The lowest BCUT2D eigenvalue weighted by atomic mass is 9.96. The predicted octanol–water partition coefficient (Wildman–Crippen LogP) is 2.46. The summed E-state index contributed by atoms with van der Waals surface area (Å²) in [5, 5.41) is 8.17. The van der Waals surface area contributed by atoms with Crippen LogP contribution < -0.4 is 10.5 Å². The van der Waals surface area contributed by atoms with Gasteiger partial charge in [0.15, 0.2) is 0 Å². The maximum absolute atomic E-state index is 6.38. The Labute approximate surface area is 113 Å². The number of ether oxygens (including phenoxy) is 1. The molecule has 2 N–H and O–H groups in total. The maximum atomic E-state index is 6.38.